The van der Waals surface area contributed by atoms with Gasteiger partial charge >= 0.3 is 0 Å². The van der Waals surface area contributed by atoms with Crippen LogP contribution in [0.5, 0.6) is 0 Å². The molecule has 2 heterocycles. The number of nitrogens with zero attached hydrogens (tertiary/aromatic N) is 3. The molecule has 1 atom stereocenters. The Labute approximate surface area is 132 Å². The quantitative estimate of drug-likeness (QED) is 0.926. The molecule has 0 fully saturated rings. The van der Waals surface area contributed by atoms with Crippen molar-refractivity contribution in [3.05, 3.63) is 64.9 Å². The smallest absolute Gasteiger partial charge is 0.276 e. The maximum absolute atomic E-state index is 12.7. The minimum atomic E-state index is -1.50. The van der Waals surface area contributed by atoms with E-state index in [1.165, 1.54) is 0 Å². The molecule has 1 N–H and O–H groups in total. The van der Waals surface area contributed by atoms with Crippen molar-refractivity contribution in [3.63, 3.8) is 0 Å². The summed E-state index contributed by atoms with van der Waals surface area (Å²) in [6, 6.07) is 9.84. The molecule has 0 aliphatic carbocycles. The van der Waals surface area contributed by atoms with Gasteiger partial charge in [-0.1, -0.05) is 11.6 Å². The van der Waals surface area contributed by atoms with E-state index in [0.717, 1.165) is 5.01 Å². The summed E-state index contributed by atoms with van der Waals surface area (Å²) in [6.07, 6.45) is 3.41. The fraction of sp³-hybridized carbons (Fsp3) is 0.188. The summed E-state index contributed by atoms with van der Waals surface area (Å²) in [5, 5.41) is 16.9. The molecule has 0 bridgehead atoms. The summed E-state index contributed by atoms with van der Waals surface area (Å²) in [4.78, 5) is 16.6. The molecule has 22 heavy (non-hydrogen) atoms. The van der Waals surface area contributed by atoms with Crippen molar-refractivity contribution in [2.75, 3.05) is 0 Å². The average molecular weight is 316 g/mol. The van der Waals surface area contributed by atoms with Crippen LogP contribution in [0.15, 0.2) is 53.9 Å². The van der Waals surface area contributed by atoms with Gasteiger partial charge in [-0.05, 0) is 43.3 Å². The van der Waals surface area contributed by atoms with Gasteiger partial charge in [0, 0.05) is 40.7 Å². The van der Waals surface area contributed by atoms with Gasteiger partial charge in [0.2, 0.25) is 0 Å². The molecule has 1 aliphatic heterocycles. The predicted octanol–water partition coefficient (Wildman–Crippen LogP) is 2.80. The molecule has 112 valence electrons. The highest BCUT2D eigenvalue weighted by Crippen LogP contribution is 2.36. The minimum absolute atomic E-state index is 0.260. The Bertz CT molecular complexity index is 731. The van der Waals surface area contributed by atoms with E-state index in [2.05, 4.69) is 10.1 Å². The first-order valence-corrected chi connectivity index (χ1v) is 7.15. The van der Waals surface area contributed by atoms with Gasteiger partial charge in [0.15, 0.2) is 5.72 Å². The van der Waals surface area contributed by atoms with Crippen LogP contribution in [0.2, 0.25) is 5.02 Å². The number of amides is 1. The van der Waals surface area contributed by atoms with E-state index < -0.39 is 5.72 Å². The number of hydrogen-bond acceptors (Lipinski definition) is 4. The molecule has 0 spiro atoms. The van der Waals surface area contributed by atoms with Crippen LogP contribution >= 0.6 is 11.6 Å². The number of halogens is 1. The van der Waals surface area contributed by atoms with Gasteiger partial charge in [-0.3, -0.25) is 9.78 Å². The van der Waals surface area contributed by atoms with Crippen molar-refractivity contribution in [1.82, 2.24) is 9.99 Å². The monoisotopic (exact) mass is 315 g/mol. The molecule has 0 radical (unpaired) electrons. The van der Waals surface area contributed by atoms with Crippen molar-refractivity contribution in [3.8, 4) is 0 Å². The molecule has 0 saturated carbocycles. The first-order valence-electron chi connectivity index (χ1n) is 6.78. The summed E-state index contributed by atoms with van der Waals surface area (Å²) < 4.78 is 0. The van der Waals surface area contributed by atoms with Gasteiger partial charge in [0.1, 0.15) is 0 Å². The topological polar surface area (TPSA) is 65.8 Å². The van der Waals surface area contributed by atoms with E-state index in [-0.39, 0.29) is 12.3 Å². The number of rotatable bonds is 2. The zero-order chi connectivity index (χ0) is 15.7. The maximum atomic E-state index is 12.7. The lowest BCUT2D eigenvalue weighted by Crippen LogP contribution is -2.43. The van der Waals surface area contributed by atoms with E-state index in [1.807, 2.05) is 0 Å². The molecular formula is C16H14ClN3O2. The van der Waals surface area contributed by atoms with Crippen LogP contribution in [0, 0.1) is 0 Å². The Kier molecular flexibility index (Phi) is 3.68. The highest BCUT2D eigenvalue weighted by molar-refractivity contribution is 6.30. The summed E-state index contributed by atoms with van der Waals surface area (Å²) in [5.74, 6) is -0.382. The van der Waals surface area contributed by atoms with Crippen LogP contribution in [-0.2, 0) is 5.72 Å². The lowest BCUT2D eigenvalue weighted by molar-refractivity contribution is -0.0765. The number of carbonyl (C=O) groups excluding carboxylic acids is 1. The summed E-state index contributed by atoms with van der Waals surface area (Å²) in [5.41, 5.74) is 0.173. The molecule has 1 aromatic carbocycles. The number of benzene rings is 1. The van der Waals surface area contributed by atoms with Crippen LogP contribution < -0.4 is 0 Å². The van der Waals surface area contributed by atoms with Gasteiger partial charge in [-0.15, -0.1) is 0 Å². The Balaban J connectivity index is 2.00. The molecule has 5 nitrogen and oxygen atoms in total. The van der Waals surface area contributed by atoms with E-state index in [4.69, 9.17) is 11.6 Å². The third-order valence-electron chi connectivity index (χ3n) is 3.55. The second-order valence-electron chi connectivity index (χ2n) is 5.19. The van der Waals surface area contributed by atoms with Crippen molar-refractivity contribution in [2.24, 2.45) is 5.10 Å². The number of aromatic nitrogens is 1. The van der Waals surface area contributed by atoms with E-state index in [9.17, 15) is 9.90 Å². The molecule has 1 aliphatic rings. The van der Waals surface area contributed by atoms with Crippen LogP contribution in [-0.4, -0.2) is 26.7 Å². The van der Waals surface area contributed by atoms with Gasteiger partial charge in [0.25, 0.3) is 5.91 Å². The normalized spacial score (nSPS) is 20.9. The summed E-state index contributed by atoms with van der Waals surface area (Å²) >= 11 is 5.84. The molecular weight excluding hydrogens is 302 g/mol. The fourth-order valence-corrected chi connectivity index (χ4v) is 2.62. The molecule has 0 saturated heterocycles. The zero-order valence-electron chi connectivity index (χ0n) is 11.9. The number of pyridine rings is 1. The third kappa shape index (κ3) is 2.49. The third-order valence-corrected chi connectivity index (χ3v) is 3.80. The van der Waals surface area contributed by atoms with Crippen LogP contribution in [0.3, 0.4) is 0 Å². The Hall–Kier alpha value is -2.24. The zero-order valence-corrected chi connectivity index (χ0v) is 12.7. The van der Waals surface area contributed by atoms with Gasteiger partial charge in [-0.2, -0.15) is 10.1 Å². The lowest BCUT2D eigenvalue weighted by atomic mass is 9.98. The lowest BCUT2D eigenvalue weighted by Gasteiger charge is -2.31. The highest BCUT2D eigenvalue weighted by atomic mass is 35.5. The van der Waals surface area contributed by atoms with Crippen LogP contribution in [0.4, 0.5) is 0 Å². The predicted molar refractivity (Wildman–Crippen MR) is 83.5 cm³/mol. The highest BCUT2D eigenvalue weighted by Gasteiger charge is 2.45. The molecule has 6 heteroatoms. The van der Waals surface area contributed by atoms with E-state index in [0.29, 0.717) is 21.9 Å². The molecule has 3 rings (SSSR count). The fourth-order valence-electron chi connectivity index (χ4n) is 2.49. The number of carbonyl (C=O) groups is 1. The van der Waals surface area contributed by atoms with Crippen LogP contribution in [0.25, 0.3) is 0 Å². The maximum Gasteiger partial charge on any atom is 0.276 e. The van der Waals surface area contributed by atoms with E-state index >= 15 is 0 Å². The van der Waals surface area contributed by atoms with Gasteiger partial charge < -0.3 is 5.11 Å². The van der Waals surface area contributed by atoms with Gasteiger partial charge in [-0.25, -0.2) is 0 Å². The molecule has 2 aromatic rings. The Morgan fingerprint density at radius 3 is 2.50 bits per heavy atom. The van der Waals surface area contributed by atoms with Gasteiger partial charge in [0.05, 0.1) is 0 Å². The number of hydrogen-bond donors (Lipinski definition) is 1. The Morgan fingerprint density at radius 2 is 1.86 bits per heavy atom. The van der Waals surface area contributed by atoms with Crippen molar-refractivity contribution >= 4 is 23.2 Å². The van der Waals surface area contributed by atoms with Crippen molar-refractivity contribution in [2.45, 2.75) is 19.1 Å². The second-order valence-corrected chi connectivity index (χ2v) is 5.62. The Morgan fingerprint density at radius 1 is 1.23 bits per heavy atom. The standard InChI is InChI=1S/C16H14ClN3O2/c1-11-10-16(22,13-6-8-18-9-7-13)20(19-11)15(21)12-2-4-14(17)5-3-12/h2-9,22H,10H2,1H3/t16-/m0/s1. The second kappa shape index (κ2) is 5.51. The minimum Gasteiger partial charge on any atom is -0.365 e. The number of hydrazone groups is 1. The SMILES string of the molecule is CC1=NN(C(=O)c2ccc(Cl)cc2)[C@@](O)(c2ccncc2)C1. The van der Waals surface area contributed by atoms with E-state index in [1.54, 1.807) is 55.7 Å². The molecule has 0 unspecified atom stereocenters. The van der Waals surface area contributed by atoms with Crippen molar-refractivity contribution in [1.29, 1.82) is 0 Å². The largest absolute Gasteiger partial charge is 0.365 e. The first kappa shape index (κ1) is 14.7. The average Bonchev–Trinajstić information content (AvgIpc) is 2.84. The number of aliphatic hydroxyl groups is 1. The molecule has 1 amide bonds. The summed E-state index contributed by atoms with van der Waals surface area (Å²) in [6.45, 7) is 1.78. The van der Waals surface area contributed by atoms with Crippen LogP contribution in [0.1, 0.15) is 29.3 Å². The van der Waals surface area contributed by atoms with Crippen molar-refractivity contribution < 1.29 is 9.90 Å². The summed E-state index contributed by atoms with van der Waals surface area (Å²) in [7, 11) is 0. The molecule has 1 aromatic heterocycles. The first-order chi connectivity index (χ1) is 10.5.